The molecule has 1 saturated carbocycles. The number of rotatable bonds is 3. The Morgan fingerprint density at radius 2 is 1.91 bits per heavy atom. The number of fused-ring (bicyclic) bond motifs is 1. The number of aliphatic hydroxyl groups is 1. The molecular weight excluding hydrogens is 272 g/mol. The molecular formula is C19H28N2O. The van der Waals surface area contributed by atoms with E-state index in [9.17, 15) is 5.11 Å². The van der Waals surface area contributed by atoms with Gasteiger partial charge >= 0.3 is 0 Å². The van der Waals surface area contributed by atoms with Gasteiger partial charge in [-0.1, -0.05) is 30.7 Å². The van der Waals surface area contributed by atoms with Gasteiger partial charge in [-0.25, -0.2) is 0 Å². The van der Waals surface area contributed by atoms with E-state index in [2.05, 4.69) is 60.7 Å². The van der Waals surface area contributed by atoms with Gasteiger partial charge in [-0.2, -0.15) is 0 Å². The number of nitrogens with one attached hydrogen (secondary N) is 1. The molecule has 3 heteroatoms. The maximum absolute atomic E-state index is 10.2. The Kier molecular flexibility index (Phi) is 4.84. The van der Waals surface area contributed by atoms with Crippen molar-refractivity contribution in [2.24, 2.45) is 11.8 Å². The zero-order chi connectivity index (χ0) is 15.5. The van der Waals surface area contributed by atoms with Crippen LogP contribution in [0.25, 0.3) is 6.08 Å². The lowest BCUT2D eigenvalue weighted by atomic mass is 9.71. The topological polar surface area (TPSA) is 35.5 Å². The number of allylic oxidation sites excluding steroid dienone is 1. The van der Waals surface area contributed by atoms with Crippen molar-refractivity contribution >= 4 is 11.8 Å². The Balaban J connectivity index is 1.68. The SMILES string of the molecule is CN(C)c1ccc(/C=C/C2CCNC3C(O)CCCC23)cc1. The van der Waals surface area contributed by atoms with Crippen molar-refractivity contribution in [2.75, 3.05) is 25.5 Å². The molecule has 0 aromatic heterocycles. The van der Waals surface area contributed by atoms with Gasteiger partial charge in [-0.05, 0) is 55.3 Å². The van der Waals surface area contributed by atoms with Gasteiger partial charge < -0.3 is 15.3 Å². The number of piperidine rings is 1. The van der Waals surface area contributed by atoms with Crippen LogP contribution in [0.4, 0.5) is 5.69 Å². The third kappa shape index (κ3) is 3.36. The molecule has 0 radical (unpaired) electrons. The highest BCUT2D eigenvalue weighted by Gasteiger charge is 2.38. The quantitative estimate of drug-likeness (QED) is 0.901. The van der Waals surface area contributed by atoms with E-state index >= 15 is 0 Å². The van der Waals surface area contributed by atoms with Gasteiger partial charge in [0, 0.05) is 25.8 Å². The smallest absolute Gasteiger partial charge is 0.0696 e. The predicted octanol–water partition coefficient (Wildman–Crippen LogP) is 2.90. The summed E-state index contributed by atoms with van der Waals surface area (Å²) in [5, 5.41) is 13.7. The van der Waals surface area contributed by atoms with Gasteiger partial charge in [0.25, 0.3) is 0 Å². The van der Waals surface area contributed by atoms with E-state index in [0.29, 0.717) is 17.9 Å². The van der Waals surface area contributed by atoms with Gasteiger partial charge in [0.2, 0.25) is 0 Å². The van der Waals surface area contributed by atoms with E-state index < -0.39 is 0 Å². The fraction of sp³-hybridized carbons (Fsp3) is 0.579. The average Bonchev–Trinajstić information content (AvgIpc) is 2.54. The summed E-state index contributed by atoms with van der Waals surface area (Å²) < 4.78 is 0. The molecule has 120 valence electrons. The molecule has 4 unspecified atom stereocenters. The lowest BCUT2D eigenvalue weighted by molar-refractivity contribution is 0.0273. The summed E-state index contributed by atoms with van der Waals surface area (Å²) in [5.74, 6) is 1.18. The summed E-state index contributed by atoms with van der Waals surface area (Å²) in [4.78, 5) is 2.12. The second kappa shape index (κ2) is 6.84. The normalized spacial score (nSPS) is 32.0. The van der Waals surface area contributed by atoms with Crippen LogP contribution in [-0.2, 0) is 0 Å². The summed E-state index contributed by atoms with van der Waals surface area (Å²) in [6, 6.07) is 8.98. The standard InChI is InChI=1S/C19H28N2O/c1-21(2)16-10-7-14(8-11-16)6-9-15-12-13-20-19-17(15)4-3-5-18(19)22/h6-11,15,17-20,22H,3-5,12-13H2,1-2H3/b9-6+. The lowest BCUT2D eigenvalue weighted by Crippen LogP contribution is -2.54. The molecule has 22 heavy (non-hydrogen) atoms. The molecule has 1 heterocycles. The molecule has 2 fully saturated rings. The second-order valence-corrected chi connectivity index (χ2v) is 6.94. The Morgan fingerprint density at radius 3 is 2.64 bits per heavy atom. The van der Waals surface area contributed by atoms with Crippen LogP contribution in [0.2, 0.25) is 0 Å². The molecule has 1 saturated heterocycles. The van der Waals surface area contributed by atoms with Crippen LogP contribution in [0, 0.1) is 11.8 Å². The first kappa shape index (κ1) is 15.6. The average molecular weight is 300 g/mol. The van der Waals surface area contributed by atoms with Gasteiger partial charge in [0.1, 0.15) is 0 Å². The number of aliphatic hydroxyl groups excluding tert-OH is 1. The summed E-state index contributed by atoms with van der Waals surface area (Å²) in [7, 11) is 4.13. The van der Waals surface area contributed by atoms with Crippen molar-refractivity contribution in [1.29, 1.82) is 0 Å². The van der Waals surface area contributed by atoms with E-state index in [-0.39, 0.29) is 6.10 Å². The largest absolute Gasteiger partial charge is 0.391 e. The first-order valence-corrected chi connectivity index (χ1v) is 8.52. The third-order valence-electron chi connectivity index (χ3n) is 5.27. The molecule has 1 aromatic carbocycles. The van der Waals surface area contributed by atoms with Crippen LogP contribution >= 0.6 is 0 Å². The van der Waals surface area contributed by atoms with E-state index in [0.717, 1.165) is 19.4 Å². The highest BCUT2D eigenvalue weighted by molar-refractivity contribution is 5.55. The number of hydrogen-bond acceptors (Lipinski definition) is 3. The Hall–Kier alpha value is -1.32. The van der Waals surface area contributed by atoms with Crippen molar-refractivity contribution in [1.82, 2.24) is 5.32 Å². The van der Waals surface area contributed by atoms with Crippen LogP contribution in [-0.4, -0.2) is 37.9 Å². The number of anilines is 1. The van der Waals surface area contributed by atoms with Crippen LogP contribution in [0.5, 0.6) is 0 Å². The number of nitrogens with zero attached hydrogens (tertiary/aromatic N) is 1. The molecule has 4 atom stereocenters. The molecule has 1 aromatic rings. The van der Waals surface area contributed by atoms with E-state index in [1.165, 1.54) is 24.1 Å². The molecule has 1 aliphatic heterocycles. The zero-order valence-electron chi connectivity index (χ0n) is 13.7. The third-order valence-corrected chi connectivity index (χ3v) is 5.27. The Morgan fingerprint density at radius 1 is 1.14 bits per heavy atom. The summed E-state index contributed by atoms with van der Waals surface area (Å²) in [6.07, 6.45) is 9.01. The van der Waals surface area contributed by atoms with E-state index in [1.807, 2.05) is 0 Å². The van der Waals surface area contributed by atoms with E-state index in [1.54, 1.807) is 0 Å². The molecule has 0 spiro atoms. The van der Waals surface area contributed by atoms with Crippen LogP contribution in [0.3, 0.4) is 0 Å². The van der Waals surface area contributed by atoms with Gasteiger partial charge in [-0.15, -0.1) is 0 Å². The first-order valence-electron chi connectivity index (χ1n) is 8.52. The first-order chi connectivity index (χ1) is 10.6. The summed E-state index contributed by atoms with van der Waals surface area (Å²) in [6.45, 7) is 1.02. The van der Waals surface area contributed by atoms with Crippen LogP contribution < -0.4 is 10.2 Å². The molecule has 1 aliphatic carbocycles. The summed E-state index contributed by atoms with van der Waals surface area (Å²) in [5.41, 5.74) is 2.49. The molecule has 2 aliphatic rings. The molecule has 0 bridgehead atoms. The van der Waals surface area contributed by atoms with Crippen molar-refractivity contribution < 1.29 is 5.11 Å². The number of benzene rings is 1. The maximum Gasteiger partial charge on any atom is 0.0696 e. The maximum atomic E-state index is 10.2. The minimum absolute atomic E-state index is 0.158. The monoisotopic (exact) mass is 300 g/mol. The zero-order valence-corrected chi connectivity index (χ0v) is 13.7. The minimum Gasteiger partial charge on any atom is -0.391 e. The molecule has 3 nitrogen and oxygen atoms in total. The van der Waals surface area contributed by atoms with Crippen LogP contribution in [0.15, 0.2) is 30.3 Å². The van der Waals surface area contributed by atoms with Crippen molar-refractivity contribution in [3.63, 3.8) is 0 Å². The van der Waals surface area contributed by atoms with Crippen LogP contribution in [0.1, 0.15) is 31.2 Å². The Labute approximate surface area is 134 Å². The van der Waals surface area contributed by atoms with Crippen molar-refractivity contribution in [2.45, 2.75) is 37.8 Å². The van der Waals surface area contributed by atoms with Crippen molar-refractivity contribution in [3.8, 4) is 0 Å². The lowest BCUT2D eigenvalue weighted by Gasteiger charge is -2.43. The number of hydrogen-bond donors (Lipinski definition) is 2. The Bertz CT molecular complexity index is 509. The van der Waals surface area contributed by atoms with Gasteiger partial charge in [-0.3, -0.25) is 0 Å². The molecule has 3 rings (SSSR count). The highest BCUT2D eigenvalue weighted by Crippen LogP contribution is 2.36. The molecule has 2 N–H and O–H groups in total. The molecule has 0 amide bonds. The predicted molar refractivity (Wildman–Crippen MR) is 93.0 cm³/mol. The second-order valence-electron chi connectivity index (χ2n) is 6.94. The fourth-order valence-corrected chi connectivity index (χ4v) is 3.96. The van der Waals surface area contributed by atoms with Gasteiger partial charge in [0.15, 0.2) is 0 Å². The van der Waals surface area contributed by atoms with Gasteiger partial charge in [0.05, 0.1) is 6.10 Å². The van der Waals surface area contributed by atoms with Crippen molar-refractivity contribution in [3.05, 3.63) is 35.9 Å². The highest BCUT2D eigenvalue weighted by atomic mass is 16.3. The minimum atomic E-state index is -0.158. The summed E-state index contributed by atoms with van der Waals surface area (Å²) >= 11 is 0. The fourth-order valence-electron chi connectivity index (χ4n) is 3.96. The van der Waals surface area contributed by atoms with E-state index in [4.69, 9.17) is 0 Å².